The Kier molecular flexibility index (Phi) is 5.22. The molecule has 0 fully saturated rings. The number of nitrogens with zero attached hydrogens (tertiary/aromatic N) is 4. The summed E-state index contributed by atoms with van der Waals surface area (Å²) >= 11 is 0. The fourth-order valence-corrected chi connectivity index (χ4v) is 3.63. The van der Waals surface area contributed by atoms with Gasteiger partial charge in [0.25, 0.3) is 0 Å². The first-order valence-corrected chi connectivity index (χ1v) is 9.76. The second kappa shape index (κ2) is 7.95. The molecule has 1 aliphatic heterocycles. The summed E-state index contributed by atoms with van der Waals surface area (Å²) in [4.78, 5) is 14.4. The number of hydrogen-bond acceptors (Lipinski definition) is 4. The molecule has 0 spiro atoms. The number of benzene rings is 2. The number of pyridine rings is 1. The maximum absolute atomic E-state index is 5.11. The van der Waals surface area contributed by atoms with Crippen molar-refractivity contribution in [2.75, 3.05) is 32.1 Å². The highest BCUT2D eigenvalue weighted by atomic mass is 15.2. The minimum Gasteiger partial charge on any atom is -0.324 e. The molecule has 2 aromatic carbocycles. The number of aromatic nitrogens is 1. The van der Waals surface area contributed by atoms with Crippen LogP contribution in [0.1, 0.15) is 23.1 Å². The van der Waals surface area contributed by atoms with Gasteiger partial charge in [0.15, 0.2) is 5.82 Å². The van der Waals surface area contributed by atoms with Crippen LogP contribution in [-0.4, -0.2) is 42.8 Å². The van der Waals surface area contributed by atoms with Gasteiger partial charge in [-0.05, 0) is 51.7 Å². The van der Waals surface area contributed by atoms with Gasteiger partial charge in [-0.1, -0.05) is 48.5 Å². The molecule has 1 aliphatic rings. The van der Waals surface area contributed by atoms with Gasteiger partial charge in [-0.25, -0.2) is 9.98 Å². The van der Waals surface area contributed by atoms with Crippen LogP contribution in [0.5, 0.6) is 0 Å². The summed E-state index contributed by atoms with van der Waals surface area (Å²) in [5, 5.41) is 0. The summed E-state index contributed by atoms with van der Waals surface area (Å²) in [5.74, 6) is 0.933. The van der Waals surface area contributed by atoms with E-state index < -0.39 is 0 Å². The largest absolute Gasteiger partial charge is 0.324 e. The molecule has 4 rings (SSSR count). The zero-order chi connectivity index (χ0) is 19.5. The number of para-hydroxylation sites is 1. The van der Waals surface area contributed by atoms with Crippen molar-refractivity contribution < 1.29 is 0 Å². The first kappa shape index (κ1) is 18.4. The maximum atomic E-state index is 5.11. The minimum atomic E-state index is 0.899. The van der Waals surface area contributed by atoms with E-state index in [1.54, 1.807) is 0 Å². The molecule has 1 aromatic heterocycles. The number of aryl methyl sites for hydroxylation is 1. The van der Waals surface area contributed by atoms with Gasteiger partial charge < -0.3 is 9.80 Å². The monoisotopic (exact) mass is 370 g/mol. The van der Waals surface area contributed by atoms with Crippen LogP contribution in [0.15, 0.2) is 71.9 Å². The average molecular weight is 371 g/mol. The summed E-state index contributed by atoms with van der Waals surface area (Å²) in [6.07, 6.45) is 2.99. The van der Waals surface area contributed by atoms with Gasteiger partial charge >= 0.3 is 0 Å². The molecule has 0 bridgehead atoms. The molecule has 4 nitrogen and oxygen atoms in total. The highest BCUT2D eigenvalue weighted by Crippen LogP contribution is 2.39. The summed E-state index contributed by atoms with van der Waals surface area (Å²) < 4.78 is 0. The standard InChI is InChI=1S/C24H26N4/c1-18-16-21-24(25-17-18)28(15-9-14-27(2)3)22-13-8-7-12-20(22)23(26-21)19-10-5-4-6-11-19/h4-8,10-13,16-17H,9,14-15H2,1-3H3. The Hall–Kier alpha value is -2.98. The van der Waals surface area contributed by atoms with Crippen molar-refractivity contribution in [2.45, 2.75) is 13.3 Å². The minimum absolute atomic E-state index is 0.899. The molecule has 0 amide bonds. The van der Waals surface area contributed by atoms with E-state index in [0.29, 0.717) is 0 Å². The second-order valence-electron chi connectivity index (χ2n) is 7.51. The van der Waals surface area contributed by atoms with Gasteiger partial charge in [0.05, 0.1) is 11.4 Å². The van der Waals surface area contributed by atoms with Crippen molar-refractivity contribution in [2.24, 2.45) is 4.99 Å². The molecule has 0 saturated heterocycles. The van der Waals surface area contributed by atoms with Crippen LogP contribution < -0.4 is 4.90 Å². The first-order chi connectivity index (χ1) is 13.6. The number of anilines is 2. The third kappa shape index (κ3) is 3.69. The van der Waals surface area contributed by atoms with Crippen LogP contribution in [0.3, 0.4) is 0 Å². The predicted octanol–water partition coefficient (Wildman–Crippen LogP) is 4.96. The van der Waals surface area contributed by atoms with E-state index in [4.69, 9.17) is 9.98 Å². The van der Waals surface area contributed by atoms with Crippen molar-refractivity contribution in [1.29, 1.82) is 0 Å². The molecule has 0 atom stereocenters. The van der Waals surface area contributed by atoms with Gasteiger partial charge in [-0.3, -0.25) is 0 Å². The molecule has 0 N–H and O–H groups in total. The highest BCUT2D eigenvalue weighted by Gasteiger charge is 2.24. The predicted molar refractivity (Wildman–Crippen MR) is 117 cm³/mol. The van der Waals surface area contributed by atoms with E-state index in [-0.39, 0.29) is 0 Å². The van der Waals surface area contributed by atoms with Crippen molar-refractivity contribution in [3.63, 3.8) is 0 Å². The molecular weight excluding hydrogens is 344 g/mol. The zero-order valence-electron chi connectivity index (χ0n) is 16.8. The SMILES string of the molecule is Cc1cnc2c(c1)N=C(c1ccccc1)c1ccccc1N2CCCN(C)C. The summed E-state index contributed by atoms with van der Waals surface area (Å²) in [7, 11) is 4.23. The third-order valence-corrected chi connectivity index (χ3v) is 4.96. The molecule has 0 aliphatic carbocycles. The van der Waals surface area contributed by atoms with E-state index >= 15 is 0 Å². The molecule has 4 heteroatoms. The lowest BCUT2D eigenvalue weighted by Gasteiger charge is -2.26. The van der Waals surface area contributed by atoms with Crippen molar-refractivity contribution >= 4 is 22.9 Å². The number of hydrogen-bond donors (Lipinski definition) is 0. The van der Waals surface area contributed by atoms with Crippen LogP contribution in [0.25, 0.3) is 0 Å². The molecule has 0 saturated carbocycles. The van der Waals surface area contributed by atoms with Gasteiger partial charge in [0, 0.05) is 23.9 Å². The van der Waals surface area contributed by atoms with Gasteiger partial charge in [0.1, 0.15) is 5.69 Å². The Morgan fingerprint density at radius 2 is 1.71 bits per heavy atom. The first-order valence-electron chi connectivity index (χ1n) is 9.76. The lowest BCUT2D eigenvalue weighted by atomic mass is 10.00. The molecule has 0 radical (unpaired) electrons. The van der Waals surface area contributed by atoms with Gasteiger partial charge in [-0.2, -0.15) is 0 Å². The Labute approximate surface area is 167 Å². The van der Waals surface area contributed by atoms with Crippen molar-refractivity contribution in [1.82, 2.24) is 9.88 Å². The Morgan fingerprint density at radius 1 is 0.964 bits per heavy atom. The van der Waals surface area contributed by atoms with Gasteiger partial charge in [0.2, 0.25) is 0 Å². The van der Waals surface area contributed by atoms with E-state index in [2.05, 4.69) is 85.4 Å². The fourth-order valence-electron chi connectivity index (χ4n) is 3.63. The molecule has 28 heavy (non-hydrogen) atoms. The van der Waals surface area contributed by atoms with E-state index in [1.807, 2.05) is 12.3 Å². The van der Waals surface area contributed by atoms with Crippen LogP contribution in [0.4, 0.5) is 17.2 Å². The summed E-state index contributed by atoms with van der Waals surface area (Å²) in [6.45, 7) is 4.00. The smallest absolute Gasteiger partial charge is 0.159 e. The third-order valence-electron chi connectivity index (χ3n) is 4.96. The Balaban J connectivity index is 1.88. The topological polar surface area (TPSA) is 31.7 Å². The van der Waals surface area contributed by atoms with Crippen LogP contribution >= 0.6 is 0 Å². The lowest BCUT2D eigenvalue weighted by Crippen LogP contribution is -2.24. The molecule has 142 valence electrons. The van der Waals surface area contributed by atoms with Gasteiger partial charge in [-0.15, -0.1) is 0 Å². The number of rotatable bonds is 5. The van der Waals surface area contributed by atoms with E-state index in [9.17, 15) is 0 Å². The summed E-state index contributed by atoms with van der Waals surface area (Å²) in [5.41, 5.74) is 6.49. The fraction of sp³-hybridized carbons (Fsp3) is 0.250. The van der Waals surface area contributed by atoms with Crippen LogP contribution in [0, 0.1) is 6.92 Å². The summed E-state index contributed by atoms with van der Waals surface area (Å²) in [6, 6.07) is 21.1. The highest BCUT2D eigenvalue weighted by molar-refractivity contribution is 6.18. The molecule has 3 aromatic rings. The quantitative estimate of drug-likeness (QED) is 0.636. The zero-order valence-corrected chi connectivity index (χ0v) is 16.8. The van der Waals surface area contributed by atoms with Crippen molar-refractivity contribution in [3.05, 3.63) is 83.6 Å². The van der Waals surface area contributed by atoms with Crippen LogP contribution in [-0.2, 0) is 0 Å². The Morgan fingerprint density at radius 3 is 2.50 bits per heavy atom. The molecule has 0 unspecified atom stereocenters. The number of fused-ring (bicyclic) bond motifs is 2. The second-order valence-corrected chi connectivity index (χ2v) is 7.51. The Bertz CT molecular complexity index is 992. The molecule has 2 heterocycles. The average Bonchev–Trinajstić information content (AvgIpc) is 2.83. The number of aliphatic imine (C=N–C) groups is 1. The van der Waals surface area contributed by atoms with Crippen molar-refractivity contribution in [3.8, 4) is 0 Å². The molecular formula is C24H26N4. The maximum Gasteiger partial charge on any atom is 0.159 e. The van der Waals surface area contributed by atoms with E-state index in [1.165, 1.54) is 5.69 Å². The van der Waals surface area contributed by atoms with E-state index in [0.717, 1.165) is 53.4 Å². The normalized spacial score (nSPS) is 13.0. The van der Waals surface area contributed by atoms with Crippen LogP contribution in [0.2, 0.25) is 0 Å². The lowest BCUT2D eigenvalue weighted by molar-refractivity contribution is 0.402.